The molecule has 1 aliphatic heterocycles. The summed E-state index contributed by atoms with van der Waals surface area (Å²) in [7, 11) is -2.08. The van der Waals surface area contributed by atoms with Crippen LogP contribution in [-0.4, -0.2) is 45.2 Å². The van der Waals surface area contributed by atoms with Gasteiger partial charge >= 0.3 is 0 Å². The van der Waals surface area contributed by atoms with Gasteiger partial charge in [-0.15, -0.1) is 0 Å². The Morgan fingerprint density at radius 1 is 1.25 bits per heavy atom. The number of hydrogen-bond acceptors (Lipinski definition) is 4. The van der Waals surface area contributed by atoms with Crippen molar-refractivity contribution in [2.45, 2.75) is 32.6 Å². The van der Waals surface area contributed by atoms with Gasteiger partial charge in [-0.1, -0.05) is 25.8 Å². The van der Waals surface area contributed by atoms with E-state index in [0.717, 1.165) is 38.8 Å². The molecule has 7 heteroatoms. The number of sulfonamides is 1. The minimum atomic E-state index is -3.60. The van der Waals surface area contributed by atoms with Crippen molar-refractivity contribution in [1.29, 1.82) is 0 Å². The summed E-state index contributed by atoms with van der Waals surface area (Å²) in [4.78, 5) is 14.3. The van der Waals surface area contributed by atoms with Crippen molar-refractivity contribution in [3.63, 3.8) is 0 Å². The molecule has 1 fully saturated rings. The second-order valence-electron chi connectivity index (χ2n) is 6.26. The fraction of sp³-hybridized carbons (Fsp3) is 0.588. The maximum atomic E-state index is 12.5. The standard InChI is InChI=1S/C17H26N2O4S/c1-14(17(20)19-10-5-3-4-6-11-19)13-24(21,22)18-15-8-7-9-16(12-15)23-2/h7-9,12,14,18H,3-6,10-11,13H2,1-2H3. The van der Waals surface area contributed by atoms with Crippen LogP contribution in [-0.2, 0) is 14.8 Å². The van der Waals surface area contributed by atoms with Gasteiger partial charge < -0.3 is 9.64 Å². The highest BCUT2D eigenvalue weighted by atomic mass is 32.2. The van der Waals surface area contributed by atoms with Gasteiger partial charge in [0, 0.05) is 19.2 Å². The lowest BCUT2D eigenvalue weighted by atomic mass is 10.2. The molecule has 134 valence electrons. The molecule has 1 N–H and O–H groups in total. The number of ether oxygens (including phenoxy) is 1. The van der Waals surface area contributed by atoms with E-state index in [1.165, 1.54) is 7.11 Å². The lowest BCUT2D eigenvalue weighted by Crippen LogP contribution is -2.39. The van der Waals surface area contributed by atoms with E-state index in [9.17, 15) is 13.2 Å². The third kappa shape index (κ3) is 5.40. The highest BCUT2D eigenvalue weighted by Gasteiger charge is 2.26. The molecule has 1 atom stereocenters. The van der Waals surface area contributed by atoms with Gasteiger partial charge in [0.1, 0.15) is 5.75 Å². The van der Waals surface area contributed by atoms with Crippen LogP contribution in [0.25, 0.3) is 0 Å². The summed E-state index contributed by atoms with van der Waals surface area (Å²) in [5.41, 5.74) is 0.434. The van der Waals surface area contributed by atoms with Gasteiger partial charge in [0.25, 0.3) is 0 Å². The van der Waals surface area contributed by atoms with Crippen LogP contribution in [0.1, 0.15) is 32.6 Å². The summed E-state index contributed by atoms with van der Waals surface area (Å²) in [6.07, 6.45) is 4.25. The molecule has 1 aromatic carbocycles. The van der Waals surface area contributed by atoms with Crippen LogP contribution in [0.4, 0.5) is 5.69 Å². The SMILES string of the molecule is COc1cccc(NS(=O)(=O)CC(C)C(=O)N2CCCCCC2)c1. The molecule has 1 amide bonds. The molecule has 1 aliphatic rings. The lowest BCUT2D eigenvalue weighted by Gasteiger charge is -2.24. The molecule has 0 saturated carbocycles. The van der Waals surface area contributed by atoms with Crippen LogP contribution >= 0.6 is 0 Å². The van der Waals surface area contributed by atoms with Crippen molar-refractivity contribution < 1.29 is 17.9 Å². The average molecular weight is 354 g/mol. The van der Waals surface area contributed by atoms with Crippen molar-refractivity contribution in [3.05, 3.63) is 24.3 Å². The normalized spacial score (nSPS) is 17.0. The molecule has 0 bridgehead atoms. The van der Waals surface area contributed by atoms with E-state index in [4.69, 9.17) is 4.74 Å². The van der Waals surface area contributed by atoms with Gasteiger partial charge in [0.2, 0.25) is 15.9 Å². The summed E-state index contributed by atoms with van der Waals surface area (Å²) < 4.78 is 32.3. The number of methoxy groups -OCH3 is 1. The molecule has 1 unspecified atom stereocenters. The fourth-order valence-electron chi connectivity index (χ4n) is 2.91. The molecule has 24 heavy (non-hydrogen) atoms. The molecule has 0 radical (unpaired) electrons. The van der Waals surface area contributed by atoms with Crippen LogP contribution < -0.4 is 9.46 Å². The molecule has 2 rings (SSSR count). The molecule has 0 aromatic heterocycles. The Morgan fingerprint density at radius 2 is 1.92 bits per heavy atom. The molecular formula is C17H26N2O4S. The molecule has 0 spiro atoms. The molecular weight excluding hydrogens is 328 g/mol. The molecule has 0 aliphatic carbocycles. The topological polar surface area (TPSA) is 75.7 Å². The summed E-state index contributed by atoms with van der Waals surface area (Å²) in [6.45, 7) is 3.14. The van der Waals surface area contributed by atoms with Gasteiger partial charge in [0.15, 0.2) is 0 Å². The van der Waals surface area contributed by atoms with Gasteiger partial charge in [-0.2, -0.15) is 0 Å². The number of likely N-dealkylation sites (tertiary alicyclic amines) is 1. The van der Waals surface area contributed by atoms with Crippen molar-refractivity contribution in [3.8, 4) is 5.75 Å². The summed E-state index contributed by atoms with van der Waals surface area (Å²) in [5.74, 6) is -0.289. The van der Waals surface area contributed by atoms with Gasteiger partial charge in [-0.05, 0) is 25.0 Å². The Kier molecular flexibility index (Phi) is 6.48. The zero-order valence-corrected chi connectivity index (χ0v) is 15.1. The number of carbonyl (C=O) groups excluding carboxylic acids is 1. The van der Waals surface area contributed by atoms with Crippen molar-refractivity contribution in [2.75, 3.05) is 30.7 Å². The summed E-state index contributed by atoms with van der Waals surface area (Å²) in [6, 6.07) is 6.71. The van der Waals surface area contributed by atoms with E-state index in [0.29, 0.717) is 11.4 Å². The maximum Gasteiger partial charge on any atom is 0.233 e. The number of carbonyl (C=O) groups is 1. The number of amides is 1. The highest BCUT2D eigenvalue weighted by Crippen LogP contribution is 2.19. The number of nitrogens with zero attached hydrogens (tertiary/aromatic N) is 1. The third-order valence-corrected chi connectivity index (χ3v) is 5.64. The average Bonchev–Trinajstić information content (AvgIpc) is 2.82. The fourth-order valence-corrected chi connectivity index (χ4v) is 4.28. The molecule has 1 saturated heterocycles. The van der Waals surface area contributed by atoms with Crippen LogP contribution in [0, 0.1) is 5.92 Å². The van der Waals surface area contributed by atoms with E-state index < -0.39 is 15.9 Å². The Bertz CT molecular complexity index is 652. The quantitative estimate of drug-likeness (QED) is 0.851. The van der Waals surface area contributed by atoms with Crippen LogP contribution in [0.5, 0.6) is 5.75 Å². The Morgan fingerprint density at radius 3 is 2.54 bits per heavy atom. The van der Waals surface area contributed by atoms with Crippen LogP contribution in [0.2, 0.25) is 0 Å². The number of anilines is 1. The first-order chi connectivity index (χ1) is 11.4. The Labute approximate surface area is 144 Å². The zero-order chi connectivity index (χ0) is 17.6. The minimum absolute atomic E-state index is 0.0760. The van der Waals surface area contributed by atoms with Gasteiger partial charge in [0.05, 0.1) is 24.5 Å². The van der Waals surface area contributed by atoms with Crippen molar-refractivity contribution in [1.82, 2.24) is 4.90 Å². The van der Waals surface area contributed by atoms with E-state index >= 15 is 0 Å². The predicted octanol–water partition coefficient (Wildman–Crippen LogP) is 2.48. The number of nitrogens with one attached hydrogen (secondary N) is 1. The number of rotatable bonds is 6. The first-order valence-corrected chi connectivity index (χ1v) is 10.00. The van der Waals surface area contributed by atoms with Crippen molar-refractivity contribution >= 4 is 21.6 Å². The summed E-state index contributed by atoms with van der Waals surface area (Å²) in [5, 5.41) is 0. The number of benzene rings is 1. The largest absolute Gasteiger partial charge is 0.497 e. The highest BCUT2D eigenvalue weighted by molar-refractivity contribution is 7.92. The van der Waals surface area contributed by atoms with E-state index in [1.807, 2.05) is 0 Å². The second-order valence-corrected chi connectivity index (χ2v) is 8.02. The second kappa shape index (κ2) is 8.37. The third-order valence-electron chi connectivity index (χ3n) is 4.15. The zero-order valence-electron chi connectivity index (χ0n) is 14.3. The van der Waals surface area contributed by atoms with Crippen LogP contribution in [0.3, 0.4) is 0 Å². The monoisotopic (exact) mass is 354 g/mol. The predicted molar refractivity (Wildman–Crippen MR) is 94.6 cm³/mol. The smallest absolute Gasteiger partial charge is 0.233 e. The van der Waals surface area contributed by atoms with E-state index in [2.05, 4.69) is 4.72 Å². The van der Waals surface area contributed by atoms with Gasteiger partial charge in [-0.25, -0.2) is 8.42 Å². The molecule has 1 heterocycles. The summed E-state index contributed by atoms with van der Waals surface area (Å²) >= 11 is 0. The van der Waals surface area contributed by atoms with E-state index in [1.54, 1.807) is 36.1 Å². The van der Waals surface area contributed by atoms with Gasteiger partial charge in [-0.3, -0.25) is 9.52 Å². The maximum absolute atomic E-state index is 12.5. The first kappa shape index (κ1) is 18.6. The molecule has 6 nitrogen and oxygen atoms in total. The Hall–Kier alpha value is -1.76. The van der Waals surface area contributed by atoms with Crippen molar-refractivity contribution in [2.24, 2.45) is 5.92 Å². The first-order valence-electron chi connectivity index (χ1n) is 8.34. The minimum Gasteiger partial charge on any atom is -0.497 e. The Balaban J connectivity index is 1.97. The lowest BCUT2D eigenvalue weighted by molar-refractivity contribution is -0.134. The molecule has 1 aromatic rings. The number of hydrogen-bond donors (Lipinski definition) is 1. The van der Waals surface area contributed by atoms with Crippen LogP contribution in [0.15, 0.2) is 24.3 Å². The van der Waals surface area contributed by atoms with E-state index in [-0.39, 0.29) is 11.7 Å².